The molecule has 136 valence electrons. The Morgan fingerprint density at radius 1 is 1.08 bits per heavy atom. The number of aromatic nitrogens is 4. The minimum absolute atomic E-state index is 0.541. The van der Waals surface area contributed by atoms with Crippen molar-refractivity contribution < 1.29 is 4.42 Å². The van der Waals surface area contributed by atoms with Crippen molar-refractivity contribution in [1.29, 1.82) is 0 Å². The molecule has 1 aliphatic rings. The van der Waals surface area contributed by atoms with Crippen LogP contribution in [-0.4, -0.2) is 19.7 Å². The van der Waals surface area contributed by atoms with Crippen molar-refractivity contribution in [1.82, 2.24) is 19.7 Å². The molecule has 2 aromatic heterocycles. The Morgan fingerprint density at radius 3 is 2.62 bits per heavy atom. The minimum atomic E-state index is 0.541. The third-order valence-electron chi connectivity index (χ3n) is 5.03. The third kappa shape index (κ3) is 3.56. The standard InChI is InChI=1S/C20H24N4OS/c1-14-18(21-19(25-14)16-9-5-3-6-10-16)13-26-20-23-22-15(2)24(20)17-11-7-4-8-12-17/h3,5-6,9-10,17H,4,7-8,11-13H2,1-2H3. The van der Waals surface area contributed by atoms with Gasteiger partial charge in [0, 0.05) is 17.4 Å². The second kappa shape index (κ2) is 7.66. The first-order chi connectivity index (χ1) is 12.7. The summed E-state index contributed by atoms with van der Waals surface area (Å²) in [6, 6.07) is 10.6. The van der Waals surface area contributed by atoms with Crippen LogP contribution in [0.1, 0.15) is 55.4 Å². The van der Waals surface area contributed by atoms with Gasteiger partial charge in [-0.25, -0.2) is 4.98 Å². The lowest BCUT2D eigenvalue weighted by Crippen LogP contribution is -2.15. The molecule has 1 fully saturated rings. The van der Waals surface area contributed by atoms with E-state index in [2.05, 4.69) is 21.7 Å². The summed E-state index contributed by atoms with van der Waals surface area (Å²) in [6.07, 6.45) is 6.41. The van der Waals surface area contributed by atoms with E-state index in [4.69, 9.17) is 9.40 Å². The highest BCUT2D eigenvalue weighted by Gasteiger charge is 2.22. The predicted molar refractivity (Wildman–Crippen MR) is 103 cm³/mol. The first kappa shape index (κ1) is 17.3. The number of benzene rings is 1. The van der Waals surface area contributed by atoms with Crippen LogP contribution in [0.3, 0.4) is 0 Å². The van der Waals surface area contributed by atoms with Gasteiger partial charge in [0.05, 0.1) is 5.69 Å². The van der Waals surface area contributed by atoms with Crippen molar-refractivity contribution in [3.8, 4) is 11.5 Å². The fourth-order valence-electron chi connectivity index (χ4n) is 3.61. The molecule has 0 unspecified atom stereocenters. The van der Waals surface area contributed by atoms with Crippen LogP contribution >= 0.6 is 11.8 Å². The second-order valence-corrected chi connectivity index (χ2v) is 7.81. The molecule has 3 aromatic rings. The minimum Gasteiger partial charge on any atom is -0.441 e. The van der Waals surface area contributed by atoms with Gasteiger partial charge in [-0.2, -0.15) is 0 Å². The summed E-state index contributed by atoms with van der Waals surface area (Å²) in [5.41, 5.74) is 1.98. The fraction of sp³-hybridized carbons (Fsp3) is 0.450. The molecule has 0 N–H and O–H groups in total. The topological polar surface area (TPSA) is 56.7 Å². The molecule has 0 spiro atoms. The van der Waals surface area contributed by atoms with E-state index in [0.29, 0.717) is 11.9 Å². The Morgan fingerprint density at radius 2 is 1.85 bits per heavy atom. The van der Waals surface area contributed by atoms with Crippen LogP contribution in [-0.2, 0) is 5.75 Å². The highest BCUT2D eigenvalue weighted by atomic mass is 32.2. The highest BCUT2D eigenvalue weighted by molar-refractivity contribution is 7.98. The van der Waals surface area contributed by atoms with Gasteiger partial charge < -0.3 is 8.98 Å². The average Bonchev–Trinajstić information content (AvgIpc) is 3.24. The lowest BCUT2D eigenvalue weighted by molar-refractivity contribution is 0.332. The molecule has 0 saturated heterocycles. The van der Waals surface area contributed by atoms with E-state index < -0.39 is 0 Å². The Bertz CT molecular complexity index is 865. The Labute approximate surface area is 158 Å². The molecule has 0 aliphatic heterocycles. The van der Waals surface area contributed by atoms with Gasteiger partial charge in [-0.15, -0.1) is 10.2 Å². The van der Waals surface area contributed by atoms with E-state index in [9.17, 15) is 0 Å². The van der Waals surface area contributed by atoms with Gasteiger partial charge >= 0.3 is 0 Å². The zero-order valence-electron chi connectivity index (χ0n) is 15.3. The summed E-state index contributed by atoms with van der Waals surface area (Å²) in [5.74, 6) is 3.31. The van der Waals surface area contributed by atoms with Gasteiger partial charge in [0.25, 0.3) is 0 Å². The quantitative estimate of drug-likeness (QED) is 0.568. The van der Waals surface area contributed by atoms with E-state index in [1.165, 1.54) is 32.1 Å². The Kier molecular flexibility index (Phi) is 5.11. The van der Waals surface area contributed by atoms with Crippen molar-refractivity contribution >= 4 is 11.8 Å². The Balaban J connectivity index is 1.51. The lowest BCUT2D eigenvalue weighted by Gasteiger charge is -2.24. The largest absolute Gasteiger partial charge is 0.441 e. The molecule has 1 aromatic carbocycles. The summed E-state index contributed by atoms with van der Waals surface area (Å²) in [7, 11) is 0. The number of hydrogen-bond donors (Lipinski definition) is 0. The number of hydrogen-bond acceptors (Lipinski definition) is 5. The number of aryl methyl sites for hydroxylation is 2. The van der Waals surface area contributed by atoms with Gasteiger partial charge in [-0.3, -0.25) is 0 Å². The zero-order chi connectivity index (χ0) is 17.9. The van der Waals surface area contributed by atoms with Crippen molar-refractivity contribution in [3.05, 3.63) is 47.6 Å². The summed E-state index contributed by atoms with van der Waals surface area (Å²) in [6.45, 7) is 4.03. The summed E-state index contributed by atoms with van der Waals surface area (Å²) in [5, 5.41) is 9.74. The molecule has 26 heavy (non-hydrogen) atoms. The maximum Gasteiger partial charge on any atom is 0.226 e. The SMILES string of the molecule is Cc1oc(-c2ccccc2)nc1CSc1nnc(C)n1C1CCCCC1. The monoisotopic (exact) mass is 368 g/mol. The molecule has 1 aliphatic carbocycles. The van der Waals surface area contributed by atoms with Crippen LogP contribution < -0.4 is 0 Å². The molecular formula is C20H24N4OS. The van der Waals surface area contributed by atoms with Crippen molar-refractivity contribution in [2.75, 3.05) is 0 Å². The van der Waals surface area contributed by atoms with Crippen LogP contribution in [0.5, 0.6) is 0 Å². The molecule has 5 nitrogen and oxygen atoms in total. The molecule has 2 heterocycles. The summed E-state index contributed by atoms with van der Waals surface area (Å²) in [4.78, 5) is 4.70. The van der Waals surface area contributed by atoms with E-state index >= 15 is 0 Å². The third-order valence-corrected chi connectivity index (χ3v) is 5.98. The van der Waals surface area contributed by atoms with Crippen LogP contribution in [0.2, 0.25) is 0 Å². The maximum absolute atomic E-state index is 5.87. The number of rotatable bonds is 5. The molecule has 1 saturated carbocycles. The zero-order valence-corrected chi connectivity index (χ0v) is 16.1. The highest BCUT2D eigenvalue weighted by Crippen LogP contribution is 2.34. The molecule has 0 amide bonds. The number of nitrogens with zero attached hydrogens (tertiary/aromatic N) is 4. The van der Waals surface area contributed by atoms with Crippen molar-refractivity contribution in [2.45, 2.75) is 62.9 Å². The van der Waals surface area contributed by atoms with E-state index in [1.807, 2.05) is 37.3 Å². The maximum atomic E-state index is 5.87. The molecule has 4 rings (SSSR count). The van der Waals surface area contributed by atoms with Crippen LogP contribution in [0, 0.1) is 13.8 Å². The van der Waals surface area contributed by atoms with E-state index in [1.54, 1.807) is 11.8 Å². The predicted octanol–water partition coefficient (Wildman–Crippen LogP) is 5.35. The van der Waals surface area contributed by atoms with E-state index in [0.717, 1.165) is 33.8 Å². The number of thioether (sulfide) groups is 1. The first-order valence-electron chi connectivity index (χ1n) is 9.28. The lowest BCUT2D eigenvalue weighted by atomic mass is 9.95. The number of oxazole rings is 1. The molecule has 0 radical (unpaired) electrons. The van der Waals surface area contributed by atoms with Gasteiger partial charge in [0.1, 0.15) is 11.6 Å². The molecule has 0 atom stereocenters. The second-order valence-electron chi connectivity index (χ2n) is 6.87. The van der Waals surface area contributed by atoms with Crippen LogP contribution in [0.4, 0.5) is 0 Å². The fourth-order valence-corrected chi connectivity index (χ4v) is 4.66. The van der Waals surface area contributed by atoms with Gasteiger partial charge in [0.2, 0.25) is 5.89 Å². The Hall–Kier alpha value is -2.08. The van der Waals surface area contributed by atoms with Crippen LogP contribution in [0.25, 0.3) is 11.5 Å². The van der Waals surface area contributed by atoms with Gasteiger partial charge in [-0.05, 0) is 38.8 Å². The smallest absolute Gasteiger partial charge is 0.226 e. The van der Waals surface area contributed by atoms with Crippen molar-refractivity contribution in [2.24, 2.45) is 0 Å². The first-order valence-corrected chi connectivity index (χ1v) is 10.3. The molecule has 6 heteroatoms. The normalized spacial score (nSPS) is 15.5. The summed E-state index contributed by atoms with van der Waals surface area (Å²) >= 11 is 1.70. The van der Waals surface area contributed by atoms with E-state index in [-0.39, 0.29) is 0 Å². The average molecular weight is 369 g/mol. The molecular weight excluding hydrogens is 344 g/mol. The molecule has 0 bridgehead atoms. The summed E-state index contributed by atoms with van der Waals surface area (Å²) < 4.78 is 8.20. The van der Waals surface area contributed by atoms with Crippen molar-refractivity contribution in [3.63, 3.8) is 0 Å². The van der Waals surface area contributed by atoms with Gasteiger partial charge in [0.15, 0.2) is 5.16 Å². The van der Waals surface area contributed by atoms with Gasteiger partial charge in [-0.1, -0.05) is 49.2 Å². The van der Waals surface area contributed by atoms with Crippen LogP contribution in [0.15, 0.2) is 39.9 Å².